The first kappa shape index (κ1) is 17.7. The fourth-order valence-electron chi connectivity index (χ4n) is 1.42. The van der Waals surface area contributed by atoms with Crippen molar-refractivity contribution in [2.75, 3.05) is 11.1 Å². The predicted molar refractivity (Wildman–Crippen MR) is 90.2 cm³/mol. The summed E-state index contributed by atoms with van der Waals surface area (Å²) in [7, 11) is 0. The summed E-state index contributed by atoms with van der Waals surface area (Å²) in [5.74, 6) is -0.866. The molecule has 2 rings (SSSR count). The standard InChI is InChI=1S/C13H13FN4O2S3/c1-7(11(20)16-9-4-2-8(14)3-5-9)22-13-18-17-12(23-13)21-6-10(15)19/h2-5,7H,6H2,1H3,(H2,15,19)(H,16,20)/t7-/m0/s1. The van der Waals surface area contributed by atoms with Gasteiger partial charge in [-0.05, 0) is 31.2 Å². The van der Waals surface area contributed by atoms with E-state index in [4.69, 9.17) is 5.73 Å². The summed E-state index contributed by atoms with van der Waals surface area (Å²) in [6, 6.07) is 5.54. The summed E-state index contributed by atoms with van der Waals surface area (Å²) >= 11 is 3.76. The van der Waals surface area contributed by atoms with Crippen LogP contribution >= 0.6 is 34.9 Å². The van der Waals surface area contributed by atoms with Gasteiger partial charge in [0.1, 0.15) is 5.82 Å². The van der Waals surface area contributed by atoms with Gasteiger partial charge in [-0.2, -0.15) is 0 Å². The van der Waals surface area contributed by atoms with Crippen LogP contribution in [0.1, 0.15) is 6.92 Å². The van der Waals surface area contributed by atoms with E-state index in [9.17, 15) is 14.0 Å². The summed E-state index contributed by atoms with van der Waals surface area (Å²) in [6.07, 6.45) is 0. The van der Waals surface area contributed by atoms with Crippen molar-refractivity contribution in [2.45, 2.75) is 20.9 Å². The van der Waals surface area contributed by atoms with Crippen LogP contribution in [0.3, 0.4) is 0 Å². The van der Waals surface area contributed by atoms with Gasteiger partial charge in [-0.1, -0.05) is 34.9 Å². The smallest absolute Gasteiger partial charge is 0.237 e. The molecule has 1 aromatic heterocycles. The molecule has 122 valence electrons. The van der Waals surface area contributed by atoms with Gasteiger partial charge in [0.05, 0.1) is 11.0 Å². The number of nitrogens with zero attached hydrogens (tertiary/aromatic N) is 2. The van der Waals surface area contributed by atoms with Gasteiger partial charge in [-0.25, -0.2) is 4.39 Å². The van der Waals surface area contributed by atoms with Crippen LogP contribution in [0.25, 0.3) is 0 Å². The van der Waals surface area contributed by atoms with E-state index in [0.29, 0.717) is 14.4 Å². The number of rotatable bonds is 7. The van der Waals surface area contributed by atoms with Crippen LogP contribution in [0.4, 0.5) is 10.1 Å². The molecule has 0 fully saturated rings. The fraction of sp³-hybridized carbons (Fsp3) is 0.231. The van der Waals surface area contributed by atoms with Crippen molar-refractivity contribution in [3.63, 3.8) is 0 Å². The lowest BCUT2D eigenvalue weighted by molar-refractivity contribution is -0.116. The number of nitrogens with one attached hydrogen (secondary N) is 1. The molecule has 0 aliphatic rings. The van der Waals surface area contributed by atoms with Gasteiger partial charge in [-0.15, -0.1) is 10.2 Å². The van der Waals surface area contributed by atoms with Crippen molar-refractivity contribution in [1.29, 1.82) is 0 Å². The number of halogens is 1. The maximum Gasteiger partial charge on any atom is 0.237 e. The number of carbonyl (C=O) groups is 2. The second-order valence-corrected chi connectivity index (χ2v) is 8.13. The molecule has 0 saturated heterocycles. The van der Waals surface area contributed by atoms with Crippen molar-refractivity contribution >= 4 is 52.4 Å². The van der Waals surface area contributed by atoms with Gasteiger partial charge in [0.2, 0.25) is 11.8 Å². The van der Waals surface area contributed by atoms with E-state index in [-0.39, 0.29) is 17.5 Å². The molecule has 0 aliphatic carbocycles. The molecule has 0 saturated carbocycles. The quantitative estimate of drug-likeness (QED) is 0.724. The third kappa shape index (κ3) is 5.81. The van der Waals surface area contributed by atoms with Crippen molar-refractivity contribution < 1.29 is 14.0 Å². The lowest BCUT2D eigenvalue weighted by Gasteiger charge is -2.10. The Labute approximate surface area is 144 Å². The first-order valence-electron chi connectivity index (χ1n) is 6.41. The Balaban J connectivity index is 1.88. The molecule has 0 spiro atoms. The van der Waals surface area contributed by atoms with Crippen LogP contribution in [0.2, 0.25) is 0 Å². The average Bonchev–Trinajstić information content (AvgIpc) is 2.95. The highest BCUT2D eigenvalue weighted by atomic mass is 32.2. The average molecular weight is 372 g/mol. The highest BCUT2D eigenvalue weighted by Gasteiger charge is 2.17. The number of primary amides is 1. The van der Waals surface area contributed by atoms with E-state index in [2.05, 4.69) is 15.5 Å². The van der Waals surface area contributed by atoms with Crippen molar-refractivity contribution in [3.8, 4) is 0 Å². The SMILES string of the molecule is C[C@H](Sc1nnc(SCC(N)=O)s1)C(=O)Nc1ccc(F)cc1. The molecular formula is C13H13FN4O2S3. The minimum Gasteiger partial charge on any atom is -0.369 e. The molecule has 0 bridgehead atoms. The minimum absolute atomic E-state index is 0.139. The van der Waals surface area contributed by atoms with Crippen molar-refractivity contribution in [2.24, 2.45) is 5.73 Å². The Morgan fingerprint density at radius 1 is 1.30 bits per heavy atom. The molecule has 23 heavy (non-hydrogen) atoms. The summed E-state index contributed by atoms with van der Waals surface area (Å²) in [6.45, 7) is 1.74. The molecule has 1 heterocycles. The van der Waals surface area contributed by atoms with E-state index in [1.807, 2.05) is 0 Å². The van der Waals surface area contributed by atoms with E-state index in [0.717, 1.165) is 0 Å². The highest BCUT2D eigenvalue weighted by molar-refractivity contribution is 8.04. The van der Waals surface area contributed by atoms with Crippen molar-refractivity contribution in [3.05, 3.63) is 30.1 Å². The third-order valence-electron chi connectivity index (χ3n) is 2.48. The zero-order valence-corrected chi connectivity index (χ0v) is 14.4. The van der Waals surface area contributed by atoms with E-state index in [1.165, 1.54) is 59.1 Å². The molecule has 0 unspecified atom stereocenters. The highest BCUT2D eigenvalue weighted by Crippen LogP contribution is 2.31. The van der Waals surface area contributed by atoms with Crippen LogP contribution in [-0.4, -0.2) is 33.0 Å². The Kier molecular flexibility index (Phi) is 6.37. The zero-order chi connectivity index (χ0) is 16.8. The summed E-state index contributed by atoms with van der Waals surface area (Å²) in [5, 5.41) is 10.2. The number of aromatic nitrogens is 2. The predicted octanol–water partition coefficient (Wildman–Crippen LogP) is 2.37. The van der Waals surface area contributed by atoms with E-state index >= 15 is 0 Å². The second kappa shape index (κ2) is 8.27. The Morgan fingerprint density at radius 2 is 1.96 bits per heavy atom. The number of anilines is 1. The van der Waals surface area contributed by atoms with Crippen LogP contribution in [0.15, 0.2) is 32.9 Å². The Morgan fingerprint density at radius 3 is 2.61 bits per heavy atom. The molecule has 3 N–H and O–H groups in total. The number of nitrogens with two attached hydrogens (primary N) is 1. The molecule has 6 nitrogen and oxygen atoms in total. The monoisotopic (exact) mass is 372 g/mol. The zero-order valence-electron chi connectivity index (χ0n) is 12.0. The van der Waals surface area contributed by atoms with Gasteiger partial charge in [0.15, 0.2) is 8.68 Å². The largest absolute Gasteiger partial charge is 0.369 e. The topological polar surface area (TPSA) is 98.0 Å². The first-order chi connectivity index (χ1) is 10.9. The van der Waals surface area contributed by atoms with Crippen LogP contribution in [0, 0.1) is 5.82 Å². The number of carbonyl (C=O) groups excluding carboxylic acids is 2. The number of thioether (sulfide) groups is 2. The number of benzene rings is 1. The van der Waals surface area contributed by atoms with Gasteiger partial charge in [-0.3, -0.25) is 9.59 Å². The number of amides is 2. The first-order valence-corrected chi connectivity index (χ1v) is 9.10. The van der Waals surface area contributed by atoms with E-state index in [1.54, 1.807) is 6.92 Å². The number of hydrogen-bond donors (Lipinski definition) is 2. The number of hydrogen-bond acceptors (Lipinski definition) is 7. The summed E-state index contributed by atoms with van der Waals surface area (Å²) in [5.41, 5.74) is 5.59. The fourth-order valence-corrected chi connectivity index (χ4v) is 4.32. The molecule has 2 aromatic rings. The van der Waals surface area contributed by atoms with Crippen molar-refractivity contribution in [1.82, 2.24) is 10.2 Å². The molecule has 1 atom stereocenters. The maximum atomic E-state index is 12.8. The molecular weight excluding hydrogens is 359 g/mol. The van der Waals surface area contributed by atoms with E-state index < -0.39 is 11.2 Å². The van der Waals surface area contributed by atoms with Gasteiger partial charge >= 0.3 is 0 Å². The van der Waals surface area contributed by atoms with Crippen LogP contribution < -0.4 is 11.1 Å². The molecule has 0 radical (unpaired) electrons. The Bertz CT molecular complexity index is 693. The molecule has 2 amide bonds. The molecule has 10 heteroatoms. The van der Waals surface area contributed by atoms with Crippen LogP contribution in [-0.2, 0) is 9.59 Å². The van der Waals surface area contributed by atoms with Gasteiger partial charge in [0.25, 0.3) is 0 Å². The maximum absolute atomic E-state index is 12.8. The molecule has 0 aliphatic heterocycles. The minimum atomic E-state index is -0.425. The third-order valence-corrected chi connectivity index (χ3v) is 5.75. The lowest BCUT2D eigenvalue weighted by atomic mass is 10.3. The normalized spacial score (nSPS) is 11.9. The lowest BCUT2D eigenvalue weighted by Crippen LogP contribution is -2.22. The van der Waals surface area contributed by atoms with Gasteiger partial charge < -0.3 is 11.1 Å². The Hall–Kier alpha value is -1.65. The molecule has 1 aromatic carbocycles. The van der Waals surface area contributed by atoms with Gasteiger partial charge in [0, 0.05) is 5.69 Å². The second-order valence-electron chi connectivity index (χ2n) is 4.35. The summed E-state index contributed by atoms with van der Waals surface area (Å²) < 4.78 is 14.1. The summed E-state index contributed by atoms with van der Waals surface area (Å²) in [4.78, 5) is 22.8. The van der Waals surface area contributed by atoms with Crippen LogP contribution in [0.5, 0.6) is 0 Å².